The molecule has 150 valence electrons. The SMILES string of the molecule is c1ccc(C[C@H]2CSC(c3cccc(C4=N[C@H](Cc5ccccc5)CS4)n3)=N2)cc1. The Morgan fingerprint density at radius 3 is 1.53 bits per heavy atom. The minimum Gasteiger partial charge on any atom is -0.272 e. The van der Waals surface area contributed by atoms with E-state index in [4.69, 9.17) is 15.0 Å². The van der Waals surface area contributed by atoms with Crippen molar-refractivity contribution >= 4 is 33.6 Å². The van der Waals surface area contributed by atoms with Crippen molar-refractivity contribution in [3.8, 4) is 0 Å². The Hall–Kier alpha value is -2.37. The standard InChI is InChI=1S/C25H23N3S2/c1-3-8-18(9-4-1)14-20-16-29-24(26-20)22-12-7-13-23(28-22)25-27-21(17-30-25)15-19-10-5-2-6-11-19/h1-13,20-21H,14-17H2/t20-,21+. The summed E-state index contributed by atoms with van der Waals surface area (Å²) >= 11 is 3.63. The van der Waals surface area contributed by atoms with Gasteiger partial charge in [0.1, 0.15) is 10.1 Å². The Balaban J connectivity index is 1.29. The minimum absolute atomic E-state index is 0.325. The van der Waals surface area contributed by atoms with Crippen molar-refractivity contribution < 1.29 is 0 Å². The minimum atomic E-state index is 0.325. The van der Waals surface area contributed by atoms with Gasteiger partial charge in [-0.2, -0.15) is 0 Å². The fourth-order valence-electron chi connectivity index (χ4n) is 3.77. The number of rotatable bonds is 6. The van der Waals surface area contributed by atoms with Gasteiger partial charge >= 0.3 is 0 Å². The summed E-state index contributed by atoms with van der Waals surface area (Å²) in [5.74, 6) is 2.04. The summed E-state index contributed by atoms with van der Waals surface area (Å²) in [4.78, 5) is 14.8. The van der Waals surface area contributed by atoms with Crippen molar-refractivity contribution in [2.45, 2.75) is 24.9 Å². The molecule has 0 N–H and O–H groups in total. The smallest absolute Gasteiger partial charge is 0.117 e. The maximum atomic E-state index is 4.96. The molecule has 30 heavy (non-hydrogen) atoms. The summed E-state index contributed by atoms with van der Waals surface area (Å²) in [6.45, 7) is 0. The molecule has 0 radical (unpaired) electrons. The second-order valence-corrected chi connectivity index (χ2v) is 9.60. The average molecular weight is 430 g/mol. The lowest BCUT2D eigenvalue weighted by Crippen LogP contribution is -2.08. The first-order valence-electron chi connectivity index (χ1n) is 10.3. The van der Waals surface area contributed by atoms with Crippen LogP contribution in [0, 0.1) is 0 Å². The zero-order valence-electron chi connectivity index (χ0n) is 16.6. The molecular formula is C25H23N3S2. The fraction of sp³-hybridized carbons (Fsp3) is 0.240. The predicted octanol–water partition coefficient (Wildman–Crippen LogP) is 5.29. The number of pyridine rings is 1. The van der Waals surface area contributed by atoms with Crippen molar-refractivity contribution in [2.24, 2.45) is 9.98 Å². The lowest BCUT2D eigenvalue weighted by Gasteiger charge is -2.05. The molecule has 0 fully saturated rings. The zero-order valence-corrected chi connectivity index (χ0v) is 18.3. The van der Waals surface area contributed by atoms with Crippen LogP contribution in [0.4, 0.5) is 0 Å². The highest BCUT2D eigenvalue weighted by Gasteiger charge is 2.23. The largest absolute Gasteiger partial charge is 0.272 e. The summed E-state index contributed by atoms with van der Waals surface area (Å²) in [5.41, 5.74) is 4.64. The van der Waals surface area contributed by atoms with Gasteiger partial charge in [0, 0.05) is 11.5 Å². The van der Waals surface area contributed by atoms with E-state index in [1.165, 1.54) is 11.1 Å². The van der Waals surface area contributed by atoms with Crippen LogP contribution in [0.5, 0.6) is 0 Å². The summed E-state index contributed by atoms with van der Waals surface area (Å²) in [6.07, 6.45) is 1.97. The second-order valence-electron chi connectivity index (χ2n) is 7.59. The third kappa shape index (κ3) is 4.68. The van der Waals surface area contributed by atoms with Crippen molar-refractivity contribution in [3.63, 3.8) is 0 Å². The number of aliphatic imine (C=N–C) groups is 2. The van der Waals surface area contributed by atoms with Crippen LogP contribution >= 0.6 is 23.5 Å². The molecule has 3 nitrogen and oxygen atoms in total. The molecular weight excluding hydrogens is 406 g/mol. The van der Waals surface area contributed by atoms with Gasteiger partial charge in [0.25, 0.3) is 0 Å². The molecule has 0 saturated carbocycles. The number of hydrogen-bond acceptors (Lipinski definition) is 5. The monoisotopic (exact) mass is 429 g/mol. The molecule has 0 amide bonds. The highest BCUT2D eigenvalue weighted by Crippen LogP contribution is 2.27. The molecule has 5 heteroatoms. The Bertz CT molecular complexity index is 981. The molecule has 5 rings (SSSR count). The molecule has 3 heterocycles. The van der Waals surface area contributed by atoms with Crippen LogP contribution in [0.1, 0.15) is 22.5 Å². The molecule has 2 atom stereocenters. The summed E-state index contributed by atoms with van der Waals surface area (Å²) in [5, 5.41) is 2.12. The van der Waals surface area contributed by atoms with Crippen molar-refractivity contribution in [1.29, 1.82) is 0 Å². The third-order valence-electron chi connectivity index (χ3n) is 5.24. The molecule has 0 bridgehead atoms. The van der Waals surface area contributed by atoms with E-state index in [-0.39, 0.29) is 0 Å². The van der Waals surface area contributed by atoms with E-state index in [1.807, 2.05) is 23.5 Å². The van der Waals surface area contributed by atoms with E-state index >= 15 is 0 Å². The average Bonchev–Trinajstić information content (AvgIpc) is 3.45. The molecule has 0 saturated heterocycles. The van der Waals surface area contributed by atoms with E-state index in [1.54, 1.807) is 0 Å². The summed E-state index contributed by atoms with van der Waals surface area (Å²) < 4.78 is 0. The first-order valence-corrected chi connectivity index (χ1v) is 12.3. The molecule has 3 aromatic rings. The second kappa shape index (κ2) is 9.19. The van der Waals surface area contributed by atoms with Crippen molar-refractivity contribution in [2.75, 3.05) is 11.5 Å². The summed E-state index contributed by atoms with van der Waals surface area (Å²) in [6, 6.07) is 28.1. The molecule has 0 unspecified atom stereocenters. The van der Waals surface area contributed by atoms with Gasteiger partial charge in [-0.3, -0.25) is 9.98 Å². The van der Waals surface area contributed by atoms with E-state index in [0.717, 1.165) is 45.8 Å². The van der Waals surface area contributed by atoms with Gasteiger partial charge in [-0.25, -0.2) is 4.98 Å². The molecule has 2 aliphatic rings. The van der Waals surface area contributed by atoms with Gasteiger partial charge in [0.05, 0.1) is 23.5 Å². The number of benzene rings is 2. The van der Waals surface area contributed by atoms with Gasteiger partial charge in [-0.15, -0.1) is 23.5 Å². The lowest BCUT2D eigenvalue weighted by atomic mass is 10.1. The highest BCUT2D eigenvalue weighted by atomic mass is 32.2. The molecule has 2 aromatic carbocycles. The first kappa shape index (κ1) is 19.6. The van der Waals surface area contributed by atoms with Gasteiger partial charge in [-0.05, 0) is 36.1 Å². The maximum Gasteiger partial charge on any atom is 0.117 e. The first-order chi connectivity index (χ1) is 14.8. The van der Waals surface area contributed by atoms with Crippen LogP contribution in [0.25, 0.3) is 0 Å². The van der Waals surface area contributed by atoms with E-state index in [2.05, 4.69) is 78.9 Å². The van der Waals surface area contributed by atoms with Crippen LogP contribution < -0.4 is 0 Å². The van der Waals surface area contributed by atoms with Crippen molar-refractivity contribution in [3.05, 3.63) is 101 Å². The molecule has 2 aliphatic heterocycles. The normalized spacial score (nSPS) is 20.8. The van der Waals surface area contributed by atoms with Gasteiger partial charge in [0.15, 0.2) is 0 Å². The summed E-state index contributed by atoms with van der Waals surface area (Å²) in [7, 11) is 0. The van der Waals surface area contributed by atoms with Crippen LogP contribution in [0.15, 0.2) is 88.8 Å². The highest BCUT2D eigenvalue weighted by molar-refractivity contribution is 8.15. The van der Waals surface area contributed by atoms with E-state index < -0.39 is 0 Å². The number of thioether (sulfide) groups is 2. The fourth-order valence-corrected chi connectivity index (χ4v) is 5.82. The number of nitrogens with zero attached hydrogens (tertiary/aromatic N) is 3. The Morgan fingerprint density at radius 1 is 0.600 bits per heavy atom. The molecule has 0 spiro atoms. The Labute approximate surface area is 186 Å². The maximum absolute atomic E-state index is 4.96. The number of hydrogen-bond donors (Lipinski definition) is 0. The van der Waals surface area contributed by atoms with Crippen LogP contribution in [0.3, 0.4) is 0 Å². The van der Waals surface area contributed by atoms with Crippen molar-refractivity contribution in [1.82, 2.24) is 4.98 Å². The Morgan fingerprint density at radius 2 is 1.07 bits per heavy atom. The number of aromatic nitrogens is 1. The quantitative estimate of drug-likeness (QED) is 0.534. The Kier molecular flexibility index (Phi) is 6.00. The van der Waals surface area contributed by atoms with Crippen LogP contribution in [0.2, 0.25) is 0 Å². The van der Waals surface area contributed by atoms with Crippen LogP contribution in [-0.2, 0) is 12.8 Å². The van der Waals surface area contributed by atoms with Gasteiger partial charge in [-0.1, -0.05) is 66.7 Å². The van der Waals surface area contributed by atoms with Crippen LogP contribution in [-0.4, -0.2) is 38.7 Å². The third-order valence-corrected chi connectivity index (χ3v) is 7.52. The predicted molar refractivity (Wildman–Crippen MR) is 130 cm³/mol. The van der Waals surface area contributed by atoms with E-state index in [9.17, 15) is 0 Å². The van der Waals surface area contributed by atoms with Gasteiger partial charge in [0.2, 0.25) is 0 Å². The molecule has 1 aromatic heterocycles. The zero-order chi connectivity index (χ0) is 20.2. The van der Waals surface area contributed by atoms with E-state index in [0.29, 0.717) is 12.1 Å². The van der Waals surface area contributed by atoms with Gasteiger partial charge < -0.3 is 0 Å². The molecule has 0 aliphatic carbocycles. The lowest BCUT2D eigenvalue weighted by molar-refractivity contribution is 0.762. The topological polar surface area (TPSA) is 37.6 Å².